The molecule has 3 N–H and O–H groups in total. The second-order valence-corrected chi connectivity index (χ2v) is 5.39. The van der Waals surface area contributed by atoms with Gasteiger partial charge in [-0.15, -0.1) is 0 Å². The van der Waals surface area contributed by atoms with Gasteiger partial charge in [-0.1, -0.05) is 25.1 Å². The first-order valence-electron chi connectivity index (χ1n) is 8.04. The molecular formula is C17H27FN4O. The molecule has 0 heterocycles. The Labute approximate surface area is 137 Å². The third-order valence-corrected chi connectivity index (χ3v) is 3.53. The van der Waals surface area contributed by atoms with E-state index < -0.39 is 0 Å². The number of aliphatic imine (C=N–C) groups is 1. The summed E-state index contributed by atoms with van der Waals surface area (Å²) < 4.78 is 13.5. The summed E-state index contributed by atoms with van der Waals surface area (Å²) in [5.74, 6) is 0.435. The van der Waals surface area contributed by atoms with E-state index in [-0.39, 0.29) is 17.8 Å². The molecule has 0 spiro atoms. The number of halogens is 1. The van der Waals surface area contributed by atoms with Crippen LogP contribution in [0.25, 0.3) is 0 Å². The van der Waals surface area contributed by atoms with Crippen LogP contribution in [0.4, 0.5) is 4.39 Å². The summed E-state index contributed by atoms with van der Waals surface area (Å²) in [7, 11) is 1.66. The zero-order valence-electron chi connectivity index (χ0n) is 14.2. The molecule has 1 aromatic rings. The van der Waals surface area contributed by atoms with E-state index in [4.69, 9.17) is 0 Å². The van der Waals surface area contributed by atoms with E-state index in [0.717, 1.165) is 6.42 Å². The Balaban J connectivity index is 2.25. The number of hydrogen-bond donors (Lipinski definition) is 3. The molecule has 1 unspecified atom stereocenters. The van der Waals surface area contributed by atoms with Crippen molar-refractivity contribution in [2.45, 2.75) is 39.2 Å². The highest BCUT2D eigenvalue weighted by Gasteiger charge is 2.06. The summed E-state index contributed by atoms with van der Waals surface area (Å²) in [4.78, 5) is 15.8. The van der Waals surface area contributed by atoms with Crippen LogP contribution in [0, 0.1) is 5.82 Å². The van der Waals surface area contributed by atoms with Gasteiger partial charge in [0.25, 0.3) is 0 Å². The molecule has 0 fully saturated rings. The maximum Gasteiger partial charge on any atom is 0.221 e. The van der Waals surface area contributed by atoms with E-state index in [2.05, 4.69) is 20.9 Å². The normalized spacial score (nSPS) is 12.6. The Kier molecular flexibility index (Phi) is 8.72. The largest absolute Gasteiger partial charge is 0.356 e. The Hall–Kier alpha value is -2.11. The monoisotopic (exact) mass is 322 g/mol. The summed E-state index contributed by atoms with van der Waals surface area (Å²) in [5, 5.41) is 9.10. The van der Waals surface area contributed by atoms with Crippen LogP contribution in [0.15, 0.2) is 29.3 Å². The standard InChI is InChI=1S/C17H27FN4O/c1-4-13(2)22-16(23)10-12-21-17(19-3)20-11-9-14-7-5-6-8-15(14)18/h5-8,13H,4,9-12H2,1-3H3,(H,22,23)(H2,19,20,21). The van der Waals surface area contributed by atoms with Crippen LogP contribution < -0.4 is 16.0 Å². The van der Waals surface area contributed by atoms with Crippen molar-refractivity contribution in [1.82, 2.24) is 16.0 Å². The van der Waals surface area contributed by atoms with Crippen LogP contribution in [0.3, 0.4) is 0 Å². The Morgan fingerprint density at radius 1 is 1.26 bits per heavy atom. The van der Waals surface area contributed by atoms with Crippen molar-refractivity contribution >= 4 is 11.9 Å². The number of benzene rings is 1. The smallest absolute Gasteiger partial charge is 0.221 e. The molecule has 0 radical (unpaired) electrons. The van der Waals surface area contributed by atoms with Gasteiger partial charge >= 0.3 is 0 Å². The summed E-state index contributed by atoms with van der Waals surface area (Å²) >= 11 is 0. The molecule has 23 heavy (non-hydrogen) atoms. The van der Waals surface area contributed by atoms with Crippen molar-refractivity contribution in [1.29, 1.82) is 0 Å². The highest BCUT2D eigenvalue weighted by molar-refractivity contribution is 5.81. The molecule has 1 rings (SSSR count). The molecule has 0 aliphatic heterocycles. The lowest BCUT2D eigenvalue weighted by Crippen LogP contribution is -2.41. The van der Waals surface area contributed by atoms with Crippen LogP contribution in [0.1, 0.15) is 32.3 Å². The van der Waals surface area contributed by atoms with Crippen LogP contribution in [0.5, 0.6) is 0 Å². The van der Waals surface area contributed by atoms with Crippen LogP contribution in [-0.2, 0) is 11.2 Å². The minimum Gasteiger partial charge on any atom is -0.356 e. The Morgan fingerprint density at radius 3 is 2.61 bits per heavy atom. The fourth-order valence-electron chi connectivity index (χ4n) is 1.98. The molecule has 0 bridgehead atoms. The van der Waals surface area contributed by atoms with Crippen molar-refractivity contribution in [3.8, 4) is 0 Å². The fourth-order valence-corrected chi connectivity index (χ4v) is 1.98. The van der Waals surface area contributed by atoms with E-state index in [1.54, 1.807) is 19.2 Å². The third kappa shape index (κ3) is 7.63. The Bertz CT molecular complexity index is 519. The van der Waals surface area contributed by atoms with Crippen LogP contribution in [-0.4, -0.2) is 38.0 Å². The first-order valence-corrected chi connectivity index (χ1v) is 8.04. The zero-order valence-corrected chi connectivity index (χ0v) is 14.2. The maximum atomic E-state index is 13.5. The highest BCUT2D eigenvalue weighted by atomic mass is 19.1. The molecule has 128 valence electrons. The lowest BCUT2D eigenvalue weighted by Gasteiger charge is -2.14. The third-order valence-electron chi connectivity index (χ3n) is 3.53. The van der Waals surface area contributed by atoms with Gasteiger partial charge in [0.05, 0.1) is 0 Å². The lowest BCUT2D eigenvalue weighted by atomic mass is 10.1. The summed E-state index contributed by atoms with van der Waals surface area (Å²) in [5.41, 5.74) is 0.670. The van der Waals surface area contributed by atoms with Gasteiger partial charge in [-0.05, 0) is 31.4 Å². The predicted octanol–water partition coefficient (Wildman–Crippen LogP) is 1.84. The SMILES string of the molecule is CCC(C)NC(=O)CCNC(=NC)NCCc1ccccc1F. The molecule has 0 aliphatic rings. The zero-order chi connectivity index (χ0) is 17.1. The van der Waals surface area contributed by atoms with Gasteiger partial charge in [0, 0.05) is 32.6 Å². The summed E-state index contributed by atoms with van der Waals surface area (Å²) in [6, 6.07) is 6.92. The quantitative estimate of drug-likeness (QED) is 0.505. The molecule has 1 amide bonds. The van der Waals surface area contributed by atoms with Crippen molar-refractivity contribution in [2.24, 2.45) is 4.99 Å². The molecular weight excluding hydrogens is 295 g/mol. The second-order valence-electron chi connectivity index (χ2n) is 5.39. The minimum atomic E-state index is -0.195. The van der Waals surface area contributed by atoms with Crippen LogP contribution in [0.2, 0.25) is 0 Å². The van der Waals surface area contributed by atoms with Crippen molar-refractivity contribution in [2.75, 3.05) is 20.1 Å². The molecule has 0 saturated carbocycles. The number of rotatable bonds is 8. The van der Waals surface area contributed by atoms with E-state index in [9.17, 15) is 9.18 Å². The number of amides is 1. The van der Waals surface area contributed by atoms with Gasteiger partial charge < -0.3 is 16.0 Å². The van der Waals surface area contributed by atoms with Crippen molar-refractivity contribution < 1.29 is 9.18 Å². The molecule has 1 aromatic carbocycles. The van der Waals surface area contributed by atoms with E-state index in [1.807, 2.05) is 19.9 Å². The first-order chi connectivity index (χ1) is 11.1. The van der Waals surface area contributed by atoms with E-state index in [0.29, 0.717) is 37.5 Å². The van der Waals surface area contributed by atoms with Gasteiger partial charge in [-0.25, -0.2) is 4.39 Å². The average molecular weight is 322 g/mol. The molecule has 0 aromatic heterocycles. The van der Waals surface area contributed by atoms with Crippen molar-refractivity contribution in [3.05, 3.63) is 35.6 Å². The van der Waals surface area contributed by atoms with E-state index in [1.165, 1.54) is 6.07 Å². The summed E-state index contributed by atoms with van der Waals surface area (Å²) in [6.45, 7) is 5.08. The maximum absolute atomic E-state index is 13.5. The van der Waals surface area contributed by atoms with Gasteiger partial charge in [-0.3, -0.25) is 9.79 Å². The predicted molar refractivity (Wildman–Crippen MR) is 92.0 cm³/mol. The fraction of sp³-hybridized carbons (Fsp3) is 0.529. The molecule has 5 nitrogen and oxygen atoms in total. The Morgan fingerprint density at radius 2 is 1.96 bits per heavy atom. The molecule has 0 saturated heterocycles. The number of guanidine groups is 1. The van der Waals surface area contributed by atoms with Gasteiger partial charge in [0.1, 0.15) is 5.82 Å². The summed E-state index contributed by atoms with van der Waals surface area (Å²) in [6.07, 6.45) is 1.87. The topological polar surface area (TPSA) is 65.5 Å². The first kappa shape index (κ1) is 18.9. The van der Waals surface area contributed by atoms with E-state index >= 15 is 0 Å². The second kappa shape index (κ2) is 10.6. The van der Waals surface area contributed by atoms with Gasteiger partial charge in [0.15, 0.2) is 5.96 Å². The number of carbonyl (C=O) groups excluding carboxylic acids is 1. The number of nitrogens with zero attached hydrogens (tertiary/aromatic N) is 1. The minimum absolute atomic E-state index is 0.0219. The number of nitrogens with one attached hydrogen (secondary N) is 3. The molecule has 0 aliphatic carbocycles. The highest BCUT2D eigenvalue weighted by Crippen LogP contribution is 2.05. The number of carbonyl (C=O) groups is 1. The van der Waals surface area contributed by atoms with Crippen molar-refractivity contribution in [3.63, 3.8) is 0 Å². The molecule has 1 atom stereocenters. The van der Waals surface area contributed by atoms with Gasteiger partial charge in [-0.2, -0.15) is 0 Å². The molecule has 6 heteroatoms. The lowest BCUT2D eigenvalue weighted by molar-refractivity contribution is -0.121. The number of hydrogen-bond acceptors (Lipinski definition) is 2. The average Bonchev–Trinajstić information content (AvgIpc) is 2.54. The van der Waals surface area contributed by atoms with Gasteiger partial charge in [0.2, 0.25) is 5.91 Å². The van der Waals surface area contributed by atoms with Crippen LogP contribution >= 0.6 is 0 Å².